The van der Waals surface area contributed by atoms with E-state index in [1.807, 2.05) is 39.0 Å². The van der Waals surface area contributed by atoms with E-state index in [0.717, 1.165) is 22.6 Å². The predicted molar refractivity (Wildman–Crippen MR) is 93.0 cm³/mol. The monoisotopic (exact) mass is 327 g/mol. The Morgan fingerprint density at radius 2 is 1.83 bits per heavy atom. The number of carbonyl (C=O) groups excluding carboxylic acids is 2. The maximum atomic E-state index is 11.9. The first-order valence-corrected chi connectivity index (χ1v) is 7.69. The Morgan fingerprint density at radius 3 is 2.50 bits per heavy atom. The van der Waals surface area contributed by atoms with Crippen LogP contribution in [0.15, 0.2) is 39.9 Å². The lowest BCUT2D eigenvalue weighted by Crippen LogP contribution is -2.20. The first-order valence-electron chi connectivity index (χ1n) is 7.69. The van der Waals surface area contributed by atoms with Crippen LogP contribution in [0.5, 0.6) is 0 Å². The lowest BCUT2D eigenvalue weighted by molar-refractivity contribution is -0.124. The van der Waals surface area contributed by atoms with Gasteiger partial charge in [0.25, 0.3) is 0 Å². The van der Waals surface area contributed by atoms with Crippen molar-refractivity contribution in [3.8, 4) is 0 Å². The van der Waals surface area contributed by atoms with E-state index in [-0.39, 0.29) is 24.7 Å². The zero-order valence-electron chi connectivity index (χ0n) is 14.1. The van der Waals surface area contributed by atoms with Crippen LogP contribution in [-0.4, -0.2) is 18.0 Å². The summed E-state index contributed by atoms with van der Waals surface area (Å²) in [6, 6.07) is 9.34. The molecule has 2 amide bonds. The van der Waals surface area contributed by atoms with Gasteiger partial charge in [-0.25, -0.2) is 5.43 Å². The summed E-state index contributed by atoms with van der Waals surface area (Å²) in [5.41, 5.74) is 5.26. The van der Waals surface area contributed by atoms with Crippen molar-refractivity contribution in [2.24, 2.45) is 5.10 Å². The molecule has 0 saturated carbocycles. The molecule has 1 heterocycles. The molecule has 0 radical (unpaired) electrons. The summed E-state index contributed by atoms with van der Waals surface area (Å²) in [5.74, 6) is 0.791. The van der Waals surface area contributed by atoms with Gasteiger partial charge in [0.1, 0.15) is 11.5 Å². The van der Waals surface area contributed by atoms with Crippen LogP contribution in [0.3, 0.4) is 0 Å². The summed E-state index contributed by atoms with van der Waals surface area (Å²) >= 11 is 0. The van der Waals surface area contributed by atoms with Crippen molar-refractivity contribution in [3.63, 3.8) is 0 Å². The quantitative estimate of drug-likeness (QED) is 0.632. The molecule has 0 unspecified atom stereocenters. The largest absolute Gasteiger partial charge is 0.460 e. The third kappa shape index (κ3) is 5.39. The van der Waals surface area contributed by atoms with Gasteiger partial charge in [-0.1, -0.05) is 17.7 Å². The number of carbonyl (C=O) groups is 2. The number of hydrogen-bond donors (Lipinski definition) is 2. The van der Waals surface area contributed by atoms with Gasteiger partial charge in [-0.2, -0.15) is 5.10 Å². The van der Waals surface area contributed by atoms with Crippen molar-refractivity contribution in [1.82, 2.24) is 5.43 Å². The highest BCUT2D eigenvalue weighted by molar-refractivity contribution is 5.94. The SMILES string of the molecule is Cc1ccc(NC(=O)CCC(=O)N/N=C/c2ccc(C)o2)c(C)c1. The molecule has 126 valence electrons. The van der Waals surface area contributed by atoms with Crippen LogP contribution in [0.1, 0.15) is 35.5 Å². The van der Waals surface area contributed by atoms with Crippen molar-refractivity contribution in [2.75, 3.05) is 5.32 Å². The Morgan fingerprint density at radius 1 is 1.08 bits per heavy atom. The Kier molecular flexibility index (Phi) is 5.89. The number of rotatable bonds is 6. The molecule has 1 aromatic carbocycles. The highest BCUT2D eigenvalue weighted by atomic mass is 16.3. The summed E-state index contributed by atoms with van der Waals surface area (Å²) in [5, 5.41) is 6.60. The lowest BCUT2D eigenvalue weighted by Gasteiger charge is -2.08. The number of furan rings is 1. The highest BCUT2D eigenvalue weighted by Crippen LogP contribution is 2.16. The minimum Gasteiger partial charge on any atom is -0.460 e. The van der Waals surface area contributed by atoms with E-state index in [4.69, 9.17) is 4.42 Å². The normalized spacial score (nSPS) is 10.8. The topological polar surface area (TPSA) is 83.7 Å². The predicted octanol–water partition coefficient (Wildman–Crippen LogP) is 3.07. The summed E-state index contributed by atoms with van der Waals surface area (Å²) in [4.78, 5) is 23.6. The fourth-order valence-corrected chi connectivity index (χ4v) is 2.14. The van der Waals surface area contributed by atoms with E-state index in [2.05, 4.69) is 15.8 Å². The third-order valence-corrected chi connectivity index (χ3v) is 3.38. The average molecular weight is 327 g/mol. The van der Waals surface area contributed by atoms with Gasteiger partial charge in [0.15, 0.2) is 0 Å². The molecule has 0 bridgehead atoms. The molecule has 2 N–H and O–H groups in total. The van der Waals surface area contributed by atoms with E-state index in [1.165, 1.54) is 6.21 Å². The molecule has 0 aliphatic heterocycles. The second-order valence-corrected chi connectivity index (χ2v) is 5.61. The van der Waals surface area contributed by atoms with Crippen LogP contribution in [-0.2, 0) is 9.59 Å². The fourth-order valence-electron chi connectivity index (χ4n) is 2.14. The van der Waals surface area contributed by atoms with Crippen molar-refractivity contribution in [2.45, 2.75) is 33.6 Å². The van der Waals surface area contributed by atoms with E-state index in [1.54, 1.807) is 12.1 Å². The molecule has 1 aromatic heterocycles. The van der Waals surface area contributed by atoms with Crippen molar-refractivity contribution < 1.29 is 14.0 Å². The minimum absolute atomic E-state index is 0.0608. The maximum Gasteiger partial charge on any atom is 0.240 e. The number of nitrogens with one attached hydrogen (secondary N) is 2. The molecule has 2 rings (SSSR count). The molecule has 24 heavy (non-hydrogen) atoms. The van der Waals surface area contributed by atoms with E-state index in [9.17, 15) is 9.59 Å². The Hall–Kier alpha value is -2.89. The van der Waals surface area contributed by atoms with Crippen LogP contribution in [0, 0.1) is 20.8 Å². The van der Waals surface area contributed by atoms with Crippen LogP contribution in [0.2, 0.25) is 0 Å². The van der Waals surface area contributed by atoms with Gasteiger partial charge in [-0.05, 0) is 44.5 Å². The molecular formula is C18H21N3O3. The zero-order chi connectivity index (χ0) is 17.5. The van der Waals surface area contributed by atoms with Crippen LogP contribution in [0.25, 0.3) is 0 Å². The van der Waals surface area contributed by atoms with Gasteiger partial charge >= 0.3 is 0 Å². The molecular weight excluding hydrogens is 306 g/mol. The lowest BCUT2D eigenvalue weighted by atomic mass is 10.1. The minimum atomic E-state index is -0.328. The Bertz CT molecular complexity index is 763. The molecule has 0 fully saturated rings. The van der Waals surface area contributed by atoms with Gasteiger partial charge in [0.05, 0.1) is 6.21 Å². The van der Waals surface area contributed by atoms with Crippen molar-refractivity contribution in [1.29, 1.82) is 0 Å². The van der Waals surface area contributed by atoms with Gasteiger partial charge in [-0.3, -0.25) is 9.59 Å². The highest BCUT2D eigenvalue weighted by Gasteiger charge is 2.08. The summed E-state index contributed by atoms with van der Waals surface area (Å²) in [6.45, 7) is 5.75. The number of nitrogens with zero attached hydrogens (tertiary/aromatic N) is 1. The molecule has 0 atom stereocenters. The average Bonchev–Trinajstić information content (AvgIpc) is 2.93. The van der Waals surface area contributed by atoms with E-state index in [0.29, 0.717) is 5.76 Å². The molecule has 6 nitrogen and oxygen atoms in total. The van der Waals surface area contributed by atoms with Gasteiger partial charge in [0, 0.05) is 18.5 Å². The van der Waals surface area contributed by atoms with Gasteiger partial charge in [0.2, 0.25) is 11.8 Å². The number of aryl methyl sites for hydroxylation is 3. The van der Waals surface area contributed by atoms with Gasteiger partial charge < -0.3 is 9.73 Å². The summed E-state index contributed by atoms with van der Waals surface area (Å²) < 4.78 is 5.28. The van der Waals surface area contributed by atoms with E-state index >= 15 is 0 Å². The number of benzene rings is 1. The standard InChI is InChI=1S/C18H21N3O3/c1-12-4-7-16(13(2)10-12)20-17(22)8-9-18(23)21-19-11-15-6-5-14(3)24-15/h4-7,10-11H,8-9H2,1-3H3,(H,20,22)(H,21,23)/b19-11+. The van der Waals surface area contributed by atoms with E-state index < -0.39 is 0 Å². The van der Waals surface area contributed by atoms with Crippen LogP contribution in [0.4, 0.5) is 5.69 Å². The molecule has 6 heteroatoms. The number of hydrogen-bond acceptors (Lipinski definition) is 4. The second kappa shape index (κ2) is 8.10. The third-order valence-electron chi connectivity index (χ3n) is 3.38. The fraction of sp³-hybridized carbons (Fsp3) is 0.278. The van der Waals surface area contributed by atoms with Crippen LogP contribution < -0.4 is 10.7 Å². The van der Waals surface area contributed by atoms with Crippen molar-refractivity contribution >= 4 is 23.7 Å². The number of amides is 2. The second-order valence-electron chi connectivity index (χ2n) is 5.61. The smallest absolute Gasteiger partial charge is 0.240 e. The van der Waals surface area contributed by atoms with Gasteiger partial charge in [-0.15, -0.1) is 0 Å². The van der Waals surface area contributed by atoms with Crippen molar-refractivity contribution in [3.05, 3.63) is 53.0 Å². The number of hydrazone groups is 1. The number of anilines is 1. The summed E-state index contributed by atoms with van der Waals surface area (Å²) in [6.07, 6.45) is 1.57. The molecule has 0 saturated heterocycles. The van der Waals surface area contributed by atoms with Crippen LogP contribution >= 0.6 is 0 Å². The maximum absolute atomic E-state index is 11.9. The molecule has 0 spiro atoms. The molecule has 0 aliphatic rings. The Labute approximate surface area is 140 Å². The summed E-state index contributed by atoms with van der Waals surface area (Å²) in [7, 11) is 0. The Balaban J connectivity index is 1.74. The zero-order valence-corrected chi connectivity index (χ0v) is 14.1. The first kappa shape index (κ1) is 17.5. The molecule has 2 aromatic rings. The first-order chi connectivity index (χ1) is 11.4. The molecule has 0 aliphatic carbocycles.